The first-order valence-electron chi connectivity index (χ1n) is 9.34. The number of para-hydroxylation sites is 1. The lowest BCUT2D eigenvalue weighted by Gasteiger charge is -2.35. The van der Waals surface area contributed by atoms with E-state index in [1.807, 2.05) is 35.2 Å². The number of nitrogens with one attached hydrogen (secondary N) is 1. The molecule has 4 rings (SSSR count). The second-order valence-corrected chi connectivity index (χ2v) is 6.86. The van der Waals surface area contributed by atoms with E-state index in [-0.39, 0.29) is 19.2 Å². The minimum Gasteiger partial charge on any atom is -0.454 e. The molecule has 144 valence electrons. The highest BCUT2D eigenvalue weighted by molar-refractivity contribution is 5.81. The Morgan fingerprint density at radius 1 is 1.07 bits per heavy atom. The molecule has 0 saturated carbocycles. The third kappa shape index (κ3) is 4.02. The van der Waals surface area contributed by atoms with E-state index in [0.717, 1.165) is 31.1 Å². The predicted octanol–water partition coefficient (Wildman–Crippen LogP) is 2.04. The zero-order valence-electron chi connectivity index (χ0n) is 15.6. The number of ether oxygens (including phenoxy) is 2. The van der Waals surface area contributed by atoms with Crippen LogP contribution in [0.1, 0.15) is 11.1 Å². The largest absolute Gasteiger partial charge is 0.454 e. The summed E-state index contributed by atoms with van der Waals surface area (Å²) < 4.78 is 10.8. The molecule has 0 aliphatic carbocycles. The van der Waals surface area contributed by atoms with Gasteiger partial charge < -0.3 is 19.7 Å². The summed E-state index contributed by atoms with van der Waals surface area (Å²) >= 11 is 0. The Balaban J connectivity index is 1.26. The van der Waals surface area contributed by atoms with Crippen molar-refractivity contribution in [2.45, 2.75) is 6.54 Å². The fraction of sp³-hybridized carbons (Fsp3) is 0.333. The van der Waals surface area contributed by atoms with Crippen molar-refractivity contribution in [3.63, 3.8) is 0 Å². The Hall–Kier alpha value is -3.24. The van der Waals surface area contributed by atoms with E-state index < -0.39 is 0 Å². The van der Waals surface area contributed by atoms with Gasteiger partial charge in [0.1, 0.15) is 6.07 Å². The molecule has 0 radical (unpaired) electrons. The van der Waals surface area contributed by atoms with E-state index in [4.69, 9.17) is 14.7 Å². The molecule has 7 nitrogen and oxygen atoms in total. The van der Waals surface area contributed by atoms with Crippen LogP contribution in [0.2, 0.25) is 0 Å². The van der Waals surface area contributed by atoms with Crippen molar-refractivity contribution >= 4 is 11.6 Å². The molecule has 0 spiro atoms. The lowest BCUT2D eigenvalue weighted by Crippen LogP contribution is -2.49. The molecular formula is C21H22N4O3. The Labute approximate surface area is 164 Å². The molecule has 2 aliphatic heterocycles. The molecule has 2 aromatic rings. The molecule has 2 heterocycles. The van der Waals surface area contributed by atoms with Gasteiger partial charge in [0.15, 0.2) is 11.5 Å². The van der Waals surface area contributed by atoms with Crippen LogP contribution in [0.25, 0.3) is 0 Å². The zero-order chi connectivity index (χ0) is 19.3. The fourth-order valence-corrected chi connectivity index (χ4v) is 3.47. The number of anilines is 1. The summed E-state index contributed by atoms with van der Waals surface area (Å²) in [6.45, 7) is 4.36. The maximum absolute atomic E-state index is 12.5. The molecule has 2 aliphatic rings. The molecule has 28 heavy (non-hydrogen) atoms. The van der Waals surface area contributed by atoms with Crippen molar-refractivity contribution in [1.29, 1.82) is 5.26 Å². The third-order valence-corrected chi connectivity index (χ3v) is 5.05. The van der Waals surface area contributed by atoms with Crippen LogP contribution in [0, 0.1) is 11.3 Å². The van der Waals surface area contributed by atoms with Crippen molar-refractivity contribution in [2.24, 2.45) is 0 Å². The van der Waals surface area contributed by atoms with Crippen LogP contribution in [0.4, 0.5) is 5.69 Å². The van der Waals surface area contributed by atoms with E-state index in [9.17, 15) is 4.79 Å². The molecule has 1 N–H and O–H groups in total. The van der Waals surface area contributed by atoms with Crippen molar-refractivity contribution in [3.05, 3.63) is 53.6 Å². The number of nitrogens with zero attached hydrogens (tertiary/aromatic N) is 3. The van der Waals surface area contributed by atoms with Crippen LogP contribution in [-0.4, -0.2) is 55.2 Å². The van der Waals surface area contributed by atoms with Crippen LogP contribution in [0.3, 0.4) is 0 Å². The Morgan fingerprint density at radius 2 is 1.86 bits per heavy atom. The highest BCUT2D eigenvalue weighted by Gasteiger charge is 2.22. The highest BCUT2D eigenvalue weighted by Crippen LogP contribution is 2.32. The minimum atomic E-state index is 0.0514. The smallest absolute Gasteiger partial charge is 0.241 e. The van der Waals surface area contributed by atoms with Gasteiger partial charge >= 0.3 is 0 Å². The number of fused-ring (bicyclic) bond motifs is 1. The van der Waals surface area contributed by atoms with Crippen LogP contribution >= 0.6 is 0 Å². The first-order valence-corrected chi connectivity index (χ1v) is 9.34. The van der Waals surface area contributed by atoms with Crippen molar-refractivity contribution in [1.82, 2.24) is 9.80 Å². The number of carbonyl (C=O) groups is 1. The normalized spacial score (nSPS) is 15.9. The van der Waals surface area contributed by atoms with Crippen LogP contribution < -0.4 is 14.8 Å². The molecule has 7 heteroatoms. The van der Waals surface area contributed by atoms with Gasteiger partial charge in [-0.05, 0) is 29.8 Å². The van der Waals surface area contributed by atoms with Crippen LogP contribution in [-0.2, 0) is 11.3 Å². The summed E-state index contributed by atoms with van der Waals surface area (Å²) in [5.41, 5.74) is 2.42. The molecule has 0 aromatic heterocycles. The van der Waals surface area contributed by atoms with Gasteiger partial charge in [0.2, 0.25) is 12.7 Å². The van der Waals surface area contributed by atoms with Crippen molar-refractivity contribution in [2.75, 3.05) is 44.8 Å². The number of piperazine rings is 1. The Bertz CT molecular complexity index is 901. The Kier molecular flexibility index (Phi) is 5.31. The number of carbonyl (C=O) groups excluding carboxylic acids is 1. The number of nitriles is 1. The molecular weight excluding hydrogens is 356 g/mol. The maximum atomic E-state index is 12.5. The van der Waals surface area contributed by atoms with Crippen LogP contribution in [0.15, 0.2) is 42.5 Å². The quantitative estimate of drug-likeness (QED) is 0.858. The van der Waals surface area contributed by atoms with Gasteiger partial charge in [-0.3, -0.25) is 9.69 Å². The second kappa shape index (κ2) is 8.19. The summed E-state index contributed by atoms with van der Waals surface area (Å²) in [6, 6.07) is 15.4. The highest BCUT2D eigenvalue weighted by atomic mass is 16.7. The summed E-state index contributed by atoms with van der Waals surface area (Å²) in [6.07, 6.45) is 0. The number of benzene rings is 2. The second-order valence-electron chi connectivity index (χ2n) is 6.86. The molecule has 0 bridgehead atoms. The predicted molar refractivity (Wildman–Crippen MR) is 104 cm³/mol. The first kappa shape index (κ1) is 18.1. The third-order valence-electron chi connectivity index (χ3n) is 5.05. The van der Waals surface area contributed by atoms with Gasteiger partial charge in [-0.25, -0.2) is 0 Å². The lowest BCUT2D eigenvalue weighted by molar-refractivity contribution is -0.131. The minimum absolute atomic E-state index is 0.0514. The molecule has 1 amide bonds. The van der Waals surface area contributed by atoms with Gasteiger partial charge in [0.25, 0.3) is 0 Å². The first-order chi connectivity index (χ1) is 13.7. The molecule has 1 saturated heterocycles. The molecule has 2 aromatic carbocycles. The summed E-state index contributed by atoms with van der Waals surface area (Å²) in [5.74, 6) is 1.65. The summed E-state index contributed by atoms with van der Waals surface area (Å²) in [5, 5.41) is 12.2. The fourth-order valence-electron chi connectivity index (χ4n) is 3.47. The lowest BCUT2D eigenvalue weighted by atomic mass is 10.1. The number of amides is 1. The summed E-state index contributed by atoms with van der Waals surface area (Å²) in [7, 11) is 0. The standard InChI is InChI=1S/C21H22N4O3/c22-12-17-3-1-2-4-18(17)23-13-21(26)25-9-7-24(8-10-25)14-16-5-6-19-20(11-16)28-15-27-19/h1-6,11,23H,7-10,13-15H2. The van der Waals surface area contributed by atoms with Crippen molar-refractivity contribution in [3.8, 4) is 17.6 Å². The van der Waals surface area contributed by atoms with E-state index in [0.29, 0.717) is 24.3 Å². The number of hydrogen-bond acceptors (Lipinski definition) is 6. The zero-order valence-corrected chi connectivity index (χ0v) is 15.6. The van der Waals surface area contributed by atoms with E-state index in [1.54, 1.807) is 6.07 Å². The van der Waals surface area contributed by atoms with Crippen LogP contribution in [0.5, 0.6) is 11.5 Å². The van der Waals surface area contributed by atoms with Gasteiger partial charge in [-0.1, -0.05) is 18.2 Å². The van der Waals surface area contributed by atoms with E-state index >= 15 is 0 Å². The average molecular weight is 378 g/mol. The average Bonchev–Trinajstić information content (AvgIpc) is 3.20. The number of rotatable bonds is 5. The number of hydrogen-bond donors (Lipinski definition) is 1. The van der Waals surface area contributed by atoms with Gasteiger partial charge in [-0.2, -0.15) is 5.26 Å². The topological polar surface area (TPSA) is 77.8 Å². The maximum Gasteiger partial charge on any atom is 0.241 e. The summed E-state index contributed by atoms with van der Waals surface area (Å²) in [4.78, 5) is 16.7. The van der Waals surface area contributed by atoms with Gasteiger partial charge in [0, 0.05) is 32.7 Å². The van der Waals surface area contributed by atoms with E-state index in [1.165, 1.54) is 5.56 Å². The molecule has 0 unspecified atom stereocenters. The van der Waals surface area contributed by atoms with E-state index in [2.05, 4.69) is 22.4 Å². The van der Waals surface area contributed by atoms with Crippen molar-refractivity contribution < 1.29 is 14.3 Å². The molecule has 1 fully saturated rings. The van der Waals surface area contributed by atoms with Gasteiger partial charge in [-0.15, -0.1) is 0 Å². The Morgan fingerprint density at radius 3 is 2.68 bits per heavy atom. The monoisotopic (exact) mass is 378 g/mol. The van der Waals surface area contributed by atoms with Gasteiger partial charge in [0.05, 0.1) is 17.8 Å². The SMILES string of the molecule is N#Cc1ccccc1NCC(=O)N1CCN(Cc2ccc3c(c2)OCO3)CC1. The molecule has 0 atom stereocenters.